The van der Waals surface area contributed by atoms with Crippen LogP contribution in [0.4, 0.5) is 5.69 Å². The number of unbranched alkanes of at least 4 members (excludes halogenated alkanes) is 1. The Balaban J connectivity index is 2.13. The fourth-order valence-corrected chi connectivity index (χ4v) is 2.16. The molecule has 0 radical (unpaired) electrons. The standard InChI is InChI=1S/C15H19ClN4O/c1-3-4-7-20-15(21)14(16)13(10-19-20)18-9-12-5-6-17-8-11(12)2/h5-6,8,10,18H,3-4,7,9H2,1-2H3. The first-order valence-electron chi connectivity index (χ1n) is 7.02. The predicted octanol–water partition coefficient (Wildman–Crippen LogP) is 3.01. The zero-order valence-electron chi connectivity index (χ0n) is 12.3. The van der Waals surface area contributed by atoms with Crippen LogP contribution in [0.15, 0.2) is 29.5 Å². The van der Waals surface area contributed by atoms with Gasteiger partial charge in [-0.3, -0.25) is 9.78 Å². The molecular formula is C15H19ClN4O. The molecule has 0 spiro atoms. The summed E-state index contributed by atoms with van der Waals surface area (Å²) in [6, 6.07) is 1.94. The summed E-state index contributed by atoms with van der Waals surface area (Å²) in [5.74, 6) is 0. The second-order valence-corrected chi connectivity index (χ2v) is 5.29. The number of aromatic nitrogens is 3. The van der Waals surface area contributed by atoms with Crippen molar-refractivity contribution in [1.82, 2.24) is 14.8 Å². The molecule has 1 N–H and O–H groups in total. The van der Waals surface area contributed by atoms with E-state index in [9.17, 15) is 4.79 Å². The molecule has 0 saturated carbocycles. The molecule has 0 atom stereocenters. The van der Waals surface area contributed by atoms with Crippen molar-refractivity contribution in [3.63, 3.8) is 0 Å². The van der Waals surface area contributed by atoms with Crippen LogP contribution in [-0.4, -0.2) is 14.8 Å². The third-order valence-electron chi connectivity index (χ3n) is 3.31. The van der Waals surface area contributed by atoms with Crippen molar-refractivity contribution in [2.45, 2.75) is 39.8 Å². The molecule has 0 aliphatic heterocycles. The lowest BCUT2D eigenvalue weighted by Crippen LogP contribution is -2.24. The van der Waals surface area contributed by atoms with E-state index in [0.717, 1.165) is 24.0 Å². The molecule has 6 heteroatoms. The number of nitrogens with zero attached hydrogens (tertiary/aromatic N) is 3. The maximum atomic E-state index is 12.1. The quantitative estimate of drug-likeness (QED) is 0.891. The van der Waals surface area contributed by atoms with E-state index in [4.69, 9.17) is 11.6 Å². The second-order valence-electron chi connectivity index (χ2n) is 4.91. The van der Waals surface area contributed by atoms with E-state index in [2.05, 4.69) is 22.3 Å². The SMILES string of the molecule is CCCCn1ncc(NCc2ccncc2C)c(Cl)c1=O. The fraction of sp³-hybridized carbons (Fsp3) is 0.400. The number of pyridine rings is 1. The van der Waals surface area contributed by atoms with Crippen molar-refractivity contribution in [1.29, 1.82) is 0 Å². The van der Waals surface area contributed by atoms with Gasteiger partial charge in [-0.2, -0.15) is 5.10 Å². The van der Waals surface area contributed by atoms with Crippen molar-refractivity contribution < 1.29 is 0 Å². The molecule has 0 saturated heterocycles. The molecule has 0 bridgehead atoms. The van der Waals surface area contributed by atoms with Crippen LogP contribution in [0.1, 0.15) is 30.9 Å². The van der Waals surface area contributed by atoms with Crippen LogP contribution in [0, 0.1) is 6.92 Å². The van der Waals surface area contributed by atoms with Gasteiger partial charge in [-0.1, -0.05) is 24.9 Å². The maximum absolute atomic E-state index is 12.1. The molecule has 0 unspecified atom stereocenters. The zero-order valence-corrected chi connectivity index (χ0v) is 13.0. The average Bonchev–Trinajstić information content (AvgIpc) is 2.49. The van der Waals surface area contributed by atoms with Gasteiger partial charge >= 0.3 is 0 Å². The van der Waals surface area contributed by atoms with Crippen molar-refractivity contribution in [2.24, 2.45) is 0 Å². The summed E-state index contributed by atoms with van der Waals surface area (Å²) in [4.78, 5) is 16.1. The Morgan fingerprint density at radius 1 is 1.38 bits per heavy atom. The summed E-state index contributed by atoms with van der Waals surface area (Å²) in [5, 5.41) is 7.50. The van der Waals surface area contributed by atoms with E-state index >= 15 is 0 Å². The van der Waals surface area contributed by atoms with Gasteiger partial charge in [0.2, 0.25) is 0 Å². The lowest BCUT2D eigenvalue weighted by molar-refractivity contribution is 0.543. The molecule has 2 rings (SSSR count). The number of nitrogens with one attached hydrogen (secondary N) is 1. The molecule has 0 aliphatic carbocycles. The summed E-state index contributed by atoms with van der Waals surface area (Å²) in [6.07, 6.45) is 7.07. The predicted molar refractivity (Wildman–Crippen MR) is 84.7 cm³/mol. The molecule has 0 fully saturated rings. The first kappa shape index (κ1) is 15.5. The molecule has 2 aromatic rings. The lowest BCUT2D eigenvalue weighted by Gasteiger charge is -2.11. The average molecular weight is 307 g/mol. The van der Waals surface area contributed by atoms with Crippen molar-refractivity contribution in [2.75, 3.05) is 5.32 Å². The minimum Gasteiger partial charge on any atom is -0.378 e. The molecule has 5 nitrogen and oxygen atoms in total. The van der Waals surface area contributed by atoms with Crippen LogP contribution in [0.2, 0.25) is 5.02 Å². The number of halogens is 1. The Labute approximate surface area is 129 Å². The largest absolute Gasteiger partial charge is 0.378 e. The van der Waals surface area contributed by atoms with Crippen LogP contribution in [0.3, 0.4) is 0 Å². The van der Waals surface area contributed by atoms with Crippen molar-refractivity contribution in [3.8, 4) is 0 Å². The first-order chi connectivity index (χ1) is 10.1. The zero-order chi connectivity index (χ0) is 15.2. The van der Waals surface area contributed by atoms with Gasteiger partial charge < -0.3 is 5.32 Å². The Kier molecular flexibility index (Phi) is 5.33. The molecule has 2 aromatic heterocycles. The van der Waals surface area contributed by atoms with Gasteiger partial charge in [0, 0.05) is 25.5 Å². The third kappa shape index (κ3) is 3.82. The molecule has 0 amide bonds. The monoisotopic (exact) mass is 306 g/mol. The summed E-state index contributed by atoms with van der Waals surface area (Å²) in [5.41, 5.74) is 2.51. The minimum absolute atomic E-state index is 0.188. The Bertz CT molecular complexity index is 669. The number of hydrogen-bond acceptors (Lipinski definition) is 4. The number of hydrogen-bond donors (Lipinski definition) is 1. The highest BCUT2D eigenvalue weighted by Gasteiger charge is 2.09. The van der Waals surface area contributed by atoms with Gasteiger partial charge in [0.1, 0.15) is 5.02 Å². The lowest BCUT2D eigenvalue weighted by atomic mass is 10.1. The third-order valence-corrected chi connectivity index (χ3v) is 3.68. The van der Waals surface area contributed by atoms with E-state index in [1.807, 2.05) is 13.0 Å². The van der Waals surface area contributed by atoms with Gasteiger partial charge in [-0.15, -0.1) is 0 Å². The van der Waals surface area contributed by atoms with Crippen molar-refractivity contribution in [3.05, 3.63) is 51.2 Å². The van der Waals surface area contributed by atoms with E-state index < -0.39 is 0 Å². The van der Waals surface area contributed by atoms with Gasteiger partial charge in [0.15, 0.2) is 0 Å². The molecule has 0 aliphatic rings. The van der Waals surface area contributed by atoms with Crippen LogP contribution >= 0.6 is 11.6 Å². The molecule has 21 heavy (non-hydrogen) atoms. The highest BCUT2D eigenvalue weighted by molar-refractivity contribution is 6.32. The van der Waals surface area contributed by atoms with Crippen LogP contribution in [-0.2, 0) is 13.1 Å². The van der Waals surface area contributed by atoms with Gasteiger partial charge in [0.05, 0.1) is 11.9 Å². The van der Waals surface area contributed by atoms with Crippen LogP contribution in [0.25, 0.3) is 0 Å². The normalized spacial score (nSPS) is 10.6. The highest BCUT2D eigenvalue weighted by atomic mass is 35.5. The first-order valence-corrected chi connectivity index (χ1v) is 7.40. The van der Waals surface area contributed by atoms with Crippen LogP contribution in [0.5, 0.6) is 0 Å². The topological polar surface area (TPSA) is 59.8 Å². The number of aryl methyl sites for hydroxylation is 2. The van der Waals surface area contributed by atoms with E-state index in [0.29, 0.717) is 18.8 Å². The molecule has 2 heterocycles. The Morgan fingerprint density at radius 3 is 2.90 bits per heavy atom. The Morgan fingerprint density at radius 2 is 2.19 bits per heavy atom. The summed E-state index contributed by atoms with van der Waals surface area (Å²) in [6.45, 7) is 5.24. The fourth-order valence-electron chi connectivity index (χ4n) is 1.95. The van der Waals surface area contributed by atoms with Gasteiger partial charge in [-0.05, 0) is 30.5 Å². The van der Waals surface area contributed by atoms with Crippen LogP contribution < -0.4 is 10.9 Å². The molecule has 0 aromatic carbocycles. The summed E-state index contributed by atoms with van der Waals surface area (Å²) in [7, 11) is 0. The van der Waals surface area contributed by atoms with E-state index in [1.54, 1.807) is 18.6 Å². The van der Waals surface area contributed by atoms with Crippen molar-refractivity contribution >= 4 is 17.3 Å². The van der Waals surface area contributed by atoms with Gasteiger partial charge in [0.25, 0.3) is 5.56 Å². The molecular weight excluding hydrogens is 288 g/mol. The second kappa shape index (κ2) is 7.22. The van der Waals surface area contributed by atoms with E-state index in [1.165, 1.54) is 4.68 Å². The maximum Gasteiger partial charge on any atom is 0.287 e. The summed E-state index contributed by atoms with van der Waals surface area (Å²) < 4.78 is 1.41. The van der Waals surface area contributed by atoms with Gasteiger partial charge in [-0.25, -0.2) is 4.68 Å². The smallest absolute Gasteiger partial charge is 0.287 e. The highest BCUT2D eigenvalue weighted by Crippen LogP contribution is 2.17. The number of anilines is 1. The molecule has 112 valence electrons. The minimum atomic E-state index is -0.249. The Hall–Kier alpha value is -1.88. The summed E-state index contributed by atoms with van der Waals surface area (Å²) >= 11 is 6.14. The number of rotatable bonds is 6. The van der Waals surface area contributed by atoms with E-state index in [-0.39, 0.29) is 10.6 Å².